The molecule has 1 saturated carbocycles. The second kappa shape index (κ2) is 3.94. The number of nitrogens with zero attached hydrogens (tertiary/aromatic N) is 4. The van der Waals surface area contributed by atoms with E-state index in [0.717, 1.165) is 11.4 Å². The van der Waals surface area contributed by atoms with Gasteiger partial charge in [-0.05, 0) is 61.2 Å². The molecule has 1 aromatic carbocycles. The van der Waals surface area contributed by atoms with E-state index in [0.29, 0.717) is 17.3 Å². The topological polar surface area (TPSA) is 95.6 Å². The Bertz CT molecular complexity index is 591. The molecule has 6 heteroatoms. The minimum absolute atomic E-state index is 0.0851. The van der Waals surface area contributed by atoms with E-state index in [4.69, 9.17) is 11.5 Å². The molecule has 1 aliphatic carbocycles. The Balaban J connectivity index is 2.09. The monoisotopic (exact) mass is 258 g/mol. The van der Waals surface area contributed by atoms with Gasteiger partial charge in [0.1, 0.15) is 0 Å². The van der Waals surface area contributed by atoms with Crippen molar-refractivity contribution in [3.05, 3.63) is 18.2 Å². The van der Waals surface area contributed by atoms with E-state index in [-0.39, 0.29) is 5.54 Å². The maximum absolute atomic E-state index is 5.84. The Morgan fingerprint density at radius 1 is 1.16 bits per heavy atom. The van der Waals surface area contributed by atoms with Crippen LogP contribution in [0.4, 0.5) is 11.4 Å². The predicted octanol–water partition coefficient (Wildman–Crippen LogP) is 1.65. The molecule has 0 saturated heterocycles. The van der Waals surface area contributed by atoms with Gasteiger partial charge in [-0.1, -0.05) is 0 Å². The molecule has 19 heavy (non-hydrogen) atoms. The van der Waals surface area contributed by atoms with Crippen LogP contribution in [0.2, 0.25) is 0 Å². The summed E-state index contributed by atoms with van der Waals surface area (Å²) >= 11 is 0. The van der Waals surface area contributed by atoms with Crippen LogP contribution in [0.25, 0.3) is 11.4 Å². The van der Waals surface area contributed by atoms with Crippen molar-refractivity contribution >= 4 is 11.4 Å². The van der Waals surface area contributed by atoms with Gasteiger partial charge in [-0.15, -0.1) is 5.10 Å². The third kappa shape index (κ3) is 2.03. The van der Waals surface area contributed by atoms with Crippen LogP contribution in [0.1, 0.15) is 26.7 Å². The van der Waals surface area contributed by atoms with Crippen LogP contribution < -0.4 is 11.5 Å². The second-order valence-electron chi connectivity index (χ2n) is 5.73. The van der Waals surface area contributed by atoms with E-state index in [9.17, 15) is 0 Å². The van der Waals surface area contributed by atoms with Gasteiger partial charge in [0.15, 0.2) is 5.82 Å². The number of anilines is 2. The van der Waals surface area contributed by atoms with Gasteiger partial charge in [-0.2, -0.15) is 0 Å². The summed E-state index contributed by atoms with van der Waals surface area (Å²) in [5.74, 6) is 1.35. The van der Waals surface area contributed by atoms with E-state index in [2.05, 4.69) is 29.4 Å². The number of benzene rings is 1. The van der Waals surface area contributed by atoms with Crippen molar-refractivity contribution in [3.63, 3.8) is 0 Å². The first-order valence-corrected chi connectivity index (χ1v) is 6.44. The number of nitrogen functional groups attached to an aromatic ring is 2. The number of hydrogen-bond acceptors (Lipinski definition) is 5. The Kier molecular flexibility index (Phi) is 2.48. The van der Waals surface area contributed by atoms with Crippen LogP contribution in [0.15, 0.2) is 18.2 Å². The number of nitrogens with two attached hydrogens (primary N) is 2. The van der Waals surface area contributed by atoms with Crippen LogP contribution in [0.5, 0.6) is 0 Å². The van der Waals surface area contributed by atoms with Gasteiger partial charge in [-0.25, -0.2) is 4.68 Å². The van der Waals surface area contributed by atoms with Gasteiger partial charge in [0, 0.05) is 16.9 Å². The predicted molar refractivity (Wildman–Crippen MR) is 74.1 cm³/mol. The van der Waals surface area contributed by atoms with Crippen molar-refractivity contribution in [2.75, 3.05) is 11.5 Å². The highest BCUT2D eigenvalue weighted by Gasteiger charge is 2.41. The van der Waals surface area contributed by atoms with Gasteiger partial charge < -0.3 is 11.5 Å². The molecule has 0 radical (unpaired) electrons. The summed E-state index contributed by atoms with van der Waals surface area (Å²) in [7, 11) is 0. The zero-order valence-corrected chi connectivity index (χ0v) is 11.2. The third-order valence-corrected chi connectivity index (χ3v) is 3.83. The average molecular weight is 258 g/mol. The fraction of sp³-hybridized carbons (Fsp3) is 0.462. The maximum atomic E-state index is 5.84. The van der Waals surface area contributed by atoms with E-state index in [1.165, 1.54) is 12.8 Å². The summed E-state index contributed by atoms with van der Waals surface area (Å²) in [4.78, 5) is 0. The first kappa shape index (κ1) is 12.0. The lowest BCUT2D eigenvalue weighted by atomic mass is 9.98. The van der Waals surface area contributed by atoms with Gasteiger partial charge in [0.25, 0.3) is 0 Å². The highest BCUT2D eigenvalue weighted by Crippen LogP contribution is 2.44. The van der Waals surface area contributed by atoms with Gasteiger partial charge in [0.2, 0.25) is 0 Å². The molecule has 0 unspecified atom stereocenters. The van der Waals surface area contributed by atoms with E-state index in [1.807, 2.05) is 16.8 Å². The molecule has 1 heterocycles. The smallest absolute Gasteiger partial charge is 0.182 e. The molecule has 0 spiro atoms. The van der Waals surface area contributed by atoms with Crippen LogP contribution in [-0.4, -0.2) is 20.2 Å². The second-order valence-corrected chi connectivity index (χ2v) is 5.73. The van der Waals surface area contributed by atoms with Crippen molar-refractivity contribution < 1.29 is 0 Å². The van der Waals surface area contributed by atoms with Crippen LogP contribution >= 0.6 is 0 Å². The van der Waals surface area contributed by atoms with E-state index in [1.54, 1.807) is 6.07 Å². The highest BCUT2D eigenvalue weighted by atomic mass is 15.6. The summed E-state index contributed by atoms with van der Waals surface area (Å²) < 4.78 is 1.89. The lowest BCUT2D eigenvalue weighted by molar-refractivity contribution is 0.271. The molecule has 4 N–H and O–H groups in total. The van der Waals surface area contributed by atoms with Crippen molar-refractivity contribution in [2.24, 2.45) is 5.92 Å². The molecule has 1 aliphatic rings. The zero-order valence-electron chi connectivity index (χ0n) is 11.2. The quantitative estimate of drug-likeness (QED) is 0.816. The van der Waals surface area contributed by atoms with Crippen molar-refractivity contribution in [1.82, 2.24) is 20.2 Å². The Labute approximate surface area is 111 Å². The molecule has 2 aromatic rings. The van der Waals surface area contributed by atoms with Crippen LogP contribution in [0.3, 0.4) is 0 Å². The molecule has 1 fully saturated rings. The van der Waals surface area contributed by atoms with E-state index >= 15 is 0 Å². The van der Waals surface area contributed by atoms with Crippen LogP contribution in [-0.2, 0) is 5.54 Å². The molecule has 1 aromatic heterocycles. The molecular formula is C13H18N6. The summed E-state index contributed by atoms with van der Waals surface area (Å²) in [6.07, 6.45) is 2.46. The summed E-state index contributed by atoms with van der Waals surface area (Å²) in [5.41, 5.74) is 13.7. The summed E-state index contributed by atoms with van der Waals surface area (Å²) in [6.45, 7) is 4.33. The molecule has 0 atom stereocenters. The van der Waals surface area contributed by atoms with Crippen LogP contribution in [0, 0.1) is 5.92 Å². The maximum Gasteiger partial charge on any atom is 0.182 e. The lowest BCUT2D eigenvalue weighted by Crippen LogP contribution is -2.30. The Morgan fingerprint density at radius 3 is 2.37 bits per heavy atom. The number of rotatable bonds is 3. The first-order valence-electron chi connectivity index (χ1n) is 6.44. The molecule has 100 valence electrons. The van der Waals surface area contributed by atoms with Gasteiger partial charge in [-0.3, -0.25) is 0 Å². The first-order chi connectivity index (χ1) is 8.98. The largest absolute Gasteiger partial charge is 0.399 e. The molecule has 0 amide bonds. The van der Waals surface area contributed by atoms with E-state index < -0.39 is 0 Å². The molecule has 3 rings (SSSR count). The lowest BCUT2D eigenvalue weighted by Gasteiger charge is -2.25. The Morgan fingerprint density at radius 2 is 1.79 bits per heavy atom. The molecular weight excluding hydrogens is 240 g/mol. The summed E-state index contributed by atoms with van der Waals surface area (Å²) in [5, 5.41) is 12.1. The molecule has 6 nitrogen and oxygen atoms in total. The number of hydrogen-bond donors (Lipinski definition) is 2. The molecule has 0 bridgehead atoms. The average Bonchev–Trinajstić information content (AvgIpc) is 3.05. The number of aromatic nitrogens is 4. The number of tetrazole rings is 1. The normalized spacial score (nSPS) is 15.7. The van der Waals surface area contributed by atoms with Crippen molar-refractivity contribution in [1.29, 1.82) is 0 Å². The van der Waals surface area contributed by atoms with Crippen molar-refractivity contribution in [3.8, 4) is 11.4 Å². The fourth-order valence-corrected chi connectivity index (χ4v) is 2.52. The third-order valence-electron chi connectivity index (χ3n) is 3.83. The zero-order chi connectivity index (χ0) is 13.6. The molecule has 0 aliphatic heterocycles. The summed E-state index contributed by atoms with van der Waals surface area (Å²) in [6, 6.07) is 5.42. The minimum atomic E-state index is -0.0851. The fourth-order valence-electron chi connectivity index (χ4n) is 2.52. The Hall–Kier alpha value is -2.11. The van der Waals surface area contributed by atoms with Crippen molar-refractivity contribution in [2.45, 2.75) is 32.2 Å². The SMILES string of the molecule is CC(C)(C1CC1)n1nnnc1-c1cc(N)cc(N)c1. The van der Waals surface area contributed by atoms with Gasteiger partial charge >= 0.3 is 0 Å². The highest BCUT2D eigenvalue weighted by molar-refractivity contribution is 5.68. The minimum Gasteiger partial charge on any atom is -0.399 e. The standard InChI is InChI=1S/C13H18N6/c1-13(2,9-3-4-9)19-12(16-17-18-19)8-5-10(14)7-11(15)6-8/h5-7,9H,3-4,14-15H2,1-2H3. The van der Waals surface area contributed by atoms with Gasteiger partial charge in [0.05, 0.1) is 5.54 Å².